The standard InChI is InChI=1S/C11H15NO4/c1-16-10(15)7-6-11(4-2-8(7)13)5-3-9(14)12-11/h13H,2-6H2,1H3,(H,12,14). The maximum atomic E-state index is 11.4. The predicted molar refractivity (Wildman–Crippen MR) is 55.6 cm³/mol. The predicted octanol–water partition coefficient (Wildman–Crippen LogP) is 0.804. The first kappa shape index (κ1) is 11.0. The zero-order valence-electron chi connectivity index (χ0n) is 9.21. The molecular formula is C11H15NO4. The first-order chi connectivity index (χ1) is 7.56. The summed E-state index contributed by atoms with van der Waals surface area (Å²) in [6.45, 7) is 0. The van der Waals surface area contributed by atoms with Gasteiger partial charge in [-0.05, 0) is 12.8 Å². The largest absolute Gasteiger partial charge is 0.512 e. The summed E-state index contributed by atoms with van der Waals surface area (Å²) in [5, 5.41) is 12.6. The minimum Gasteiger partial charge on any atom is -0.512 e. The van der Waals surface area contributed by atoms with Gasteiger partial charge in [-0.25, -0.2) is 4.79 Å². The minimum atomic E-state index is -0.502. The average Bonchev–Trinajstić information content (AvgIpc) is 2.63. The molecule has 1 fully saturated rings. The summed E-state index contributed by atoms with van der Waals surface area (Å²) in [5.74, 6) is -0.387. The molecule has 16 heavy (non-hydrogen) atoms. The van der Waals surface area contributed by atoms with Crippen LogP contribution in [0.3, 0.4) is 0 Å². The number of rotatable bonds is 1. The summed E-state index contributed by atoms with van der Waals surface area (Å²) in [4.78, 5) is 22.7. The highest BCUT2D eigenvalue weighted by molar-refractivity contribution is 5.90. The molecule has 1 amide bonds. The van der Waals surface area contributed by atoms with Gasteiger partial charge in [0.15, 0.2) is 0 Å². The molecule has 2 N–H and O–H groups in total. The van der Waals surface area contributed by atoms with E-state index in [1.165, 1.54) is 7.11 Å². The lowest BCUT2D eigenvalue weighted by molar-refractivity contribution is -0.137. The third-order valence-electron chi connectivity index (χ3n) is 3.37. The van der Waals surface area contributed by atoms with Crippen LogP contribution in [0.15, 0.2) is 11.3 Å². The van der Waals surface area contributed by atoms with Crippen LogP contribution in [-0.4, -0.2) is 29.6 Å². The molecule has 1 atom stereocenters. The second kappa shape index (κ2) is 3.81. The van der Waals surface area contributed by atoms with Gasteiger partial charge in [0.2, 0.25) is 5.91 Å². The van der Waals surface area contributed by atoms with Gasteiger partial charge in [-0.15, -0.1) is 0 Å². The van der Waals surface area contributed by atoms with Crippen LogP contribution in [0.2, 0.25) is 0 Å². The fourth-order valence-electron chi connectivity index (χ4n) is 2.44. The van der Waals surface area contributed by atoms with Crippen molar-refractivity contribution in [2.45, 2.75) is 37.6 Å². The number of esters is 1. The SMILES string of the molecule is COC(=O)C1=C(O)CCC2(CCC(=O)N2)C1. The van der Waals surface area contributed by atoms with Crippen molar-refractivity contribution in [1.29, 1.82) is 0 Å². The van der Waals surface area contributed by atoms with Gasteiger partial charge >= 0.3 is 5.97 Å². The highest BCUT2D eigenvalue weighted by Crippen LogP contribution is 2.38. The Kier molecular flexibility index (Phi) is 2.61. The van der Waals surface area contributed by atoms with Crippen LogP contribution in [-0.2, 0) is 14.3 Å². The monoisotopic (exact) mass is 225 g/mol. The number of aliphatic hydroxyl groups is 1. The topological polar surface area (TPSA) is 75.6 Å². The number of methoxy groups -OCH3 is 1. The van der Waals surface area contributed by atoms with Crippen LogP contribution in [0, 0.1) is 0 Å². The molecule has 0 aromatic carbocycles. The summed E-state index contributed by atoms with van der Waals surface area (Å²) < 4.78 is 4.62. The fraction of sp³-hybridized carbons (Fsp3) is 0.636. The van der Waals surface area contributed by atoms with E-state index in [1.807, 2.05) is 0 Å². The maximum absolute atomic E-state index is 11.4. The van der Waals surface area contributed by atoms with E-state index in [0.717, 1.165) is 6.42 Å². The zero-order chi connectivity index (χ0) is 11.8. The van der Waals surface area contributed by atoms with Crippen molar-refractivity contribution < 1.29 is 19.4 Å². The first-order valence-electron chi connectivity index (χ1n) is 5.37. The van der Waals surface area contributed by atoms with Gasteiger partial charge in [0.1, 0.15) is 5.76 Å². The van der Waals surface area contributed by atoms with E-state index in [-0.39, 0.29) is 17.2 Å². The van der Waals surface area contributed by atoms with Crippen molar-refractivity contribution in [1.82, 2.24) is 5.32 Å². The van der Waals surface area contributed by atoms with Gasteiger partial charge in [0.25, 0.3) is 0 Å². The summed E-state index contributed by atoms with van der Waals surface area (Å²) in [7, 11) is 1.29. The molecule has 1 unspecified atom stereocenters. The molecule has 2 aliphatic rings. The molecule has 0 bridgehead atoms. The average molecular weight is 225 g/mol. The quantitative estimate of drug-likeness (QED) is 0.647. The van der Waals surface area contributed by atoms with Crippen LogP contribution in [0.5, 0.6) is 0 Å². The van der Waals surface area contributed by atoms with Crippen molar-refractivity contribution in [3.63, 3.8) is 0 Å². The third kappa shape index (κ3) is 1.77. The molecule has 2 rings (SSSR count). The van der Waals surface area contributed by atoms with Crippen LogP contribution in [0.25, 0.3) is 0 Å². The van der Waals surface area contributed by atoms with Gasteiger partial charge in [0, 0.05) is 24.8 Å². The van der Waals surface area contributed by atoms with Gasteiger partial charge in [-0.2, -0.15) is 0 Å². The van der Waals surface area contributed by atoms with Crippen molar-refractivity contribution in [2.75, 3.05) is 7.11 Å². The van der Waals surface area contributed by atoms with E-state index >= 15 is 0 Å². The lowest BCUT2D eigenvalue weighted by Gasteiger charge is -2.33. The lowest BCUT2D eigenvalue weighted by atomic mass is 9.79. The van der Waals surface area contributed by atoms with Crippen LogP contribution < -0.4 is 5.32 Å². The van der Waals surface area contributed by atoms with Crippen molar-refractivity contribution in [2.24, 2.45) is 0 Å². The van der Waals surface area contributed by atoms with E-state index in [2.05, 4.69) is 10.1 Å². The Labute approximate surface area is 93.5 Å². The molecule has 1 aliphatic carbocycles. The van der Waals surface area contributed by atoms with E-state index in [1.54, 1.807) is 0 Å². The van der Waals surface area contributed by atoms with E-state index in [4.69, 9.17) is 0 Å². The maximum Gasteiger partial charge on any atom is 0.337 e. The number of allylic oxidation sites excluding steroid dienone is 1. The number of carbonyl (C=O) groups is 2. The molecule has 5 nitrogen and oxygen atoms in total. The Morgan fingerprint density at radius 1 is 1.44 bits per heavy atom. The Hall–Kier alpha value is -1.52. The number of nitrogens with one attached hydrogen (secondary N) is 1. The second-order valence-corrected chi connectivity index (χ2v) is 4.42. The Morgan fingerprint density at radius 3 is 2.69 bits per heavy atom. The number of hydrogen-bond acceptors (Lipinski definition) is 4. The third-order valence-corrected chi connectivity index (χ3v) is 3.37. The smallest absolute Gasteiger partial charge is 0.337 e. The molecule has 88 valence electrons. The number of hydrogen-bond donors (Lipinski definition) is 2. The molecule has 0 radical (unpaired) electrons. The highest BCUT2D eigenvalue weighted by atomic mass is 16.5. The van der Waals surface area contributed by atoms with E-state index in [9.17, 15) is 14.7 Å². The number of ether oxygens (including phenoxy) is 1. The van der Waals surface area contributed by atoms with Crippen LogP contribution in [0.4, 0.5) is 0 Å². The Morgan fingerprint density at radius 2 is 2.12 bits per heavy atom. The summed E-state index contributed by atoms with van der Waals surface area (Å²) >= 11 is 0. The second-order valence-electron chi connectivity index (χ2n) is 4.42. The molecule has 0 saturated carbocycles. The normalized spacial score (nSPS) is 29.4. The van der Waals surface area contributed by atoms with Gasteiger partial charge in [-0.1, -0.05) is 0 Å². The molecular weight excluding hydrogens is 210 g/mol. The van der Waals surface area contributed by atoms with Crippen LogP contribution in [0.1, 0.15) is 32.1 Å². The molecule has 0 aromatic heterocycles. The Bertz CT molecular complexity index is 374. The molecule has 5 heteroatoms. The Balaban J connectivity index is 2.20. The van der Waals surface area contributed by atoms with Crippen molar-refractivity contribution >= 4 is 11.9 Å². The molecule has 1 spiro atoms. The van der Waals surface area contributed by atoms with Crippen molar-refractivity contribution in [3.05, 3.63) is 11.3 Å². The van der Waals surface area contributed by atoms with Gasteiger partial charge < -0.3 is 15.2 Å². The zero-order valence-corrected chi connectivity index (χ0v) is 9.21. The van der Waals surface area contributed by atoms with Gasteiger partial charge in [0.05, 0.1) is 12.7 Å². The van der Waals surface area contributed by atoms with Crippen LogP contribution >= 0.6 is 0 Å². The molecule has 1 heterocycles. The number of carbonyl (C=O) groups excluding carboxylic acids is 2. The highest BCUT2D eigenvalue weighted by Gasteiger charge is 2.42. The molecule has 0 aromatic rings. The first-order valence-corrected chi connectivity index (χ1v) is 5.37. The number of amides is 1. The lowest BCUT2D eigenvalue weighted by Crippen LogP contribution is -2.44. The molecule has 1 saturated heterocycles. The number of aliphatic hydroxyl groups excluding tert-OH is 1. The fourth-order valence-corrected chi connectivity index (χ4v) is 2.44. The molecule has 1 aliphatic heterocycles. The summed E-state index contributed by atoms with van der Waals surface area (Å²) in [5.41, 5.74) is -0.0386. The van der Waals surface area contributed by atoms with Gasteiger partial charge in [-0.3, -0.25) is 4.79 Å². The summed E-state index contributed by atoms with van der Waals surface area (Å²) in [6.07, 6.45) is 2.70. The van der Waals surface area contributed by atoms with E-state index in [0.29, 0.717) is 31.3 Å². The van der Waals surface area contributed by atoms with E-state index < -0.39 is 5.97 Å². The minimum absolute atomic E-state index is 0.0191. The summed E-state index contributed by atoms with van der Waals surface area (Å²) in [6, 6.07) is 0. The van der Waals surface area contributed by atoms with Crippen molar-refractivity contribution in [3.8, 4) is 0 Å².